The summed E-state index contributed by atoms with van der Waals surface area (Å²) >= 11 is 0. The number of fused-ring (bicyclic) bond motifs is 1. The molecule has 0 saturated carbocycles. The first kappa shape index (κ1) is 9.36. The Hall–Kier alpha value is -1.20. The fraction of sp³-hybridized carbons (Fsp3) is 0.250. The van der Waals surface area contributed by atoms with Gasteiger partial charge >= 0.3 is 0 Å². The van der Waals surface area contributed by atoms with Gasteiger partial charge in [0.1, 0.15) is 0 Å². The molecule has 0 aliphatic heterocycles. The van der Waals surface area contributed by atoms with Gasteiger partial charge in [-0.2, -0.15) is 0 Å². The fourth-order valence-electron chi connectivity index (χ4n) is 1.43. The summed E-state index contributed by atoms with van der Waals surface area (Å²) in [7, 11) is 0. The van der Waals surface area contributed by atoms with E-state index in [4.69, 9.17) is 0 Å². The highest BCUT2D eigenvalue weighted by atomic mass is 19.3. The molecular formula is C8H2F6. The van der Waals surface area contributed by atoms with E-state index in [1.54, 1.807) is 0 Å². The van der Waals surface area contributed by atoms with Gasteiger partial charge in [-0.05, 0) is 0 Å². The van der Waals surface area contributed by atoms with Crippen LogP contribution in [0.25, 0.3) is 0 Å². The summed E-state index contributed by atoms with van der Waals surface area (Å²) in [6.07, 6.45) is -1.09. The highest BCUT2D eigenvalue weighted by molar-refractivity contribution is 5.43. The summed E-state index contributed by atoms with van der Waals surface area (Å²) in [5.41, 5.74) is -2.15. The van der Waals surface area contributed by atoms with Crippen molar-refractivity contribution in [2.45, 2.75) is 12.3 Å². The standard InChI is InChI=1S/C8H2F6/c9-4-2-1-8(13,14)3(2)5(10)7(12)6(4)11/h1H2. The largest absolute Gasteiger partial charge is 0.280 e. The maximum Gasteiger partial charge on any atom is 0.280 e. The average Bonchev–Trinajstić information content (AvgIpc) is 2.09. The molecule has 14 heavy (non-hydrogen) atoms. The van der Waals surface area contributed by atoms with Gasteiger partial charge in [-0.1, -0.05) is 0 Å². The minimum atomic E-state index is -3.60. The summed E-state index contributed by atoms with van der Waals surface area (Å²) in [6.45, 7) is 0. The van der Waals surface area contributed by atoms with Crippen molar-refractivity contribution in [3.05, 3.63) is 34.4 Å². The van der Waals surface area contributed by atoms with Crippen LogP contribution in [0.3, 0.4) is 0 Å². The van der Waals surface area contributed by atoms with E-state index in [-0.39, 0.29) is 0 Å². The molecule has 0 unspecified atom stereocenters. The van der Waals surface area contributed by atoms with Crippen LogP contribution in [0.15, 0.2) is 0 Å². The van der Waals surface area contributed by atoms with Crippen LogP contribution in [0, 0.1) is 23.3 Å². The Balaban J connectivity index is 2.77. The summed E-state index contributed by atoms with van der Waals surface area (Å²) in [5.74, 6) is -11.6. The van der Waals surface area contributed by atoms with Gasteiger partial charge in [-0.25, -0.2) is 26.3 Å². The Morgan fingerprint density at radius 3 is 1.79 bits per heavy atom. The topological polar surface area (TPSA) is 0 Å². The molecule has 0 spiro atoms. The Kier molecular flexibility index (Phi) is 1.62. The van der Waals surface area contributed by atoms with Gasteiger partial charge in [0.25, 0.3) is 5.92 Å². The summed E-state index contributed by atoms with van der Waals surface area (Å²) < 4.78 is 75.6. The monoisotopic (exact) mass is 212 g/mol. The number of halogens is 6. The van der Waals surface area contributed by atoms with Crippen molar-refractivity contribution < 1.29 is 26.3 Å². The highest BCUT2D eigenvalue weighted by Crippen LogP contribution is 2.47. The van der Waals surface area contributed by atoms with Crippen LogP contribution in [-0.4, -0.2) is 0 Å². The van der Waals surface area contributed by atoms with E-state index < -0.39 is 46.7 Å². The van der Waals surface area contributed by atoms with Crippen molar-refractivity contribution >= 4 is 0 Å². The number of hydrogen-bond donors (Lipinski definition) is 0. The molecule has 0 aromatic heterocycles. The third-order valence-corrected chi connectivity index (χ3v) is 2.13. The lowest BCUT2D eigenvalue weighted by Crippen LogP contribution is -2.34. The molecule has 6 heteroatoms. The zero-order valence-electron chi connectivity index (χ0n) is 6.47. The molecule has 76 valence electrons. The maximum absolute atomic E-state index is 12.7. The van der Waals surface area contributed by atoms with Crippen molar-refractivity contribution in [2.24, 2.45) is 0 Å². The summed E-state index contributed by atoms with van der Waals surface area (Å²) in [4.78, 5) is 0. The van der Waals surface area contributed by atoms with E-state index in [0.717, 1.165) is 0 Å². The van der Waals surface area contributed by atoms with Crippen LogP contribution in [0.1, 0.15) is 11.1 Å². The average molecular weight is 212 g/mol. The molecule has 1 aromatic rings. The van der Waals surface area contributed by atoms with Crippen LogP contribution in [-0.2, 0) is 12.3 Å². The van der Waals surface area contributed by atoms with E-state index in [2.05, 4.69) is 0 Å². The lowest BCUT2D eigenvalue weighted by molar-refractivity contribution is -0.0363. The SMILES string of the molecule is Fc1c(F)c(F)c2c(c1F)CC2(F)F. The normalized spacial score (nSPS) is 17.6. The summed E-state index contributed by atoms with van der Waals surface area (Å²) in [6, 6.07) is 0. The van der Waals surface area contributed by atoms with Crippen LogP contribution in [0.5, 0.6) is 0 Å². The Morgan fingerprint density at radius 1 is 0.786 bits per heavy atom. The molecule has 0 heterocycles. The number of alkyl halides is 2. The van der Waals surface area contributed by atoms with E-state index >= 15 is 0 Å². The van der Waals surface area contributed by atoms with Crippen LogP contribution in [0.2, 0.25) is 0 Å². The van der Waals surface area contributed by atoms with E-state index in [9.17, 15) is 26.3 Å². The van der Waals surface area contributed by atoms with Gasteiger partial charge in [0, 0.05) is 12.0 Å². The molecule has 0 nitrogen and oxygen atoms in total. The molecule has 0 N–H and O–H groups in total. The first-order valence-electron chi connectivity index (χ1n) is 3.59. The predicted molar refractivity (Wildman–Crippen MR) is 33.9 cm³/mol. The van der Waals surface area contributed by atoms with Gasteiger partial charge in [0.15, 0.2) is 23.3 Å². The molecule has 0 fully saturated rings. The minimum Gasteiger partial charge on any atom is -0.203 e. The van der Waals surface area contributed by atoms with Crippen LogP contribution < -0.4 is 0 Å². The van der Waals surface area contributed by atoms with Crippen molar-refractivity contribution in [3.63, 3.8) is 0 Å². The molecular weight excluding hydrogens is 210 g/mol. The molecule has 2 rings (SSSR count). The first-order valence-corrected chi connectivity index (χ1v) is 3.59. The van der Waals surface area contributed by atoms with Crippen molar-refractivity contribution in [1.82, 2.24) is 0 Å². The van der Waals surface area contributed by atoms with E-state index in [1.807, 2.05) is 0 Å². The highest BCUT2D eigenvalue weighted by Gasteiger charge is 2.50. The number of hydrogen-bond acceptors (Lipinski definition) is 0. The van der Waals surface area contributed by atoms with Gasteiger partial charge in [-0.3, -0.25) is 0 Å². The smallest absolute Gasteiger partial charge is 0.203 e. The molecule has 0 amide bonds. The van der Waals surface area contributed by atoms with Crippen molar-refractivity contribution in [1.29, 1.82) is 0 Å². The number of rotatable bonds is 0. The first-order chi connectivity index (χ1) is 6.36. The van der Waals surface area contributed by atoms with Crippen LogP contribution >= 0.6 is 0 Å². The number of benzene rings is 1. The Bertz CT molecular complexity index is 399. The fourth-order valence-corrected chi connectivity index (χ4v) is 1.43. The summed E-state index contributed by atoms with van der Waals surface area (Å²) in [5, 5.41) is 0. The van der Waals surface area contributed by atoms with Crippen LogP contribution in [0.4, 0.5) is 26.3 Å². The lowest BCUT2D eigenvalue weighted by atomic mass is 9.83. The van der Waals surface area contributed by atoms with E-state index in [0.29, 0.717) is 0 Å². The second kappa shape index (κ2) is 2.43. The zero-order valence-corrected chi connectivity index (χ0v) is 6.47. The Labute approximate surface area is 74.1 Å². The zero-order chi connectivity index (χ0) is 10.7. The maximum atomic E-state index is 12.7. The molecule has 1 aliphatic rings. The van der Waals surface area contributed by atoms with Gasteiger partial charge < -0.3 is 0 Å². The minimum absolute atomic E-state index is 0.786. The van der Waals surface area contributed by atoms with Gasteiger partial charge in [-0.15, -0.1) is 0 Å². The quantitative estimate of drug-likeness (QED) is 0.352. The van der Waals surface area contributed by atoms with Gasteiger partial charge in [0.2, 0.25) is 0 Å². The molecule has 0 bridgehead atoms. The third-order valence-electron chi connectivity index (χ3n) is 2.13. The van der Waals surface area contributed by atoms with Crippen molar-refractivity contribution in [3.8, 4) is 0 Å². The predicted octanol–water partition coefficient (Wildman–Crippen LogP) is 2.89. The second-order valence-corrected chi connectivity index (χ2v) is 2.99. The lowest BCUT2D eigenvalue weighted by Gasteiger charge is -2.30. The molecule has 0 atom stereocenters. The second-order valence-electron chi connectivity index (χ2n) is 2.99. The van der Waals surface area contributed by atoms with E-state index in [1.165, 1.54) is 0 Å². The third kappa shape index (κ3) is 0.908. The van der Waals surface area contributed by atoms with Crippen molar-refractivity contribution in [2.75, 3.05) is 0 Å². The molecule has 0 radical (unpaired) electrons. The van der Waals surface area contributed by atoms with Gasteiger partial charge in [0.05, 0.1) is 5.56 Å². The molecule has 1 aliphatic carbocycles. The Morgan fingerprint density at radius 2 is 1.29 bits per heavy atom. The molecule has 1 aromatic carbocycles. The molecule has 0 saturated heterocycles.